The van der Waals surface area contributed by atoms with Crippen molar-refractivity contribution in [2.45, 2.75) is 25.5 Å². The van der Waals surface area contributed by atoms with Crippen LogP contribution in [0.5, 0.6) is 5.75 Å². The van der Waals surface area contributed by atoms with Crippen LogP contribution in [0.1, 0.15) is 13.3 Å². The molecule has 0 saturated heterocycles. The minimum Gasteiger partial charge on any atom is -0.495 e. The molecule has 3 amide bonds. The third-order valence-electron chi connectivity index (χ3n) is 3.29. The number of methoxy groups -OCH3 is 1. The molecule has 10 heteroatoms. The van der Waals surface area contributed by atoms with Crippen LogP contribution in [0.2, 0.25) is 5.02 Å². The van der Waals surface area contributed by atoms with E-state index < -0.39 is 30.1 Å². The highest BCUT2D eigenvalue weighted by Crippen LogP contribution is 2.27. The summed E-state index contributed by atoms with van der Waals surface area (Å²) >= 11 is 7.41. The third-order valence-corrected chi connectivity index (χ3v) is 4.17. The predicted octanol–water partition coefficient (Wildman–Crippen LogP) is 2.01. The van der Waals surface area contributed by atoms with E-state index in [-0.39, 0.29) is 0 Å². The summed E-state index contributed by atoms with van der Waals surface area (Å²) in [7, 11) is 1.45. The molecule has 0 aliphatic heterocycles. The molecule has 0 unspecified atom stereocenters. The van der Waals surface area contributed by atoms with Crippen LogP contribution in [0.4, 0.5) is 10.5 Å². The summed E-state index contributed by atoms with van der Waals surface area (Å²) in [6.07, 6.45) is 1.10. The number of ether oxygens (including phenoxy) is 2. The number of nitrogens with one attached hydrogen (secondary N) is 2. The number of carbonyl (C=O) groups excluding carboxylic acids is 3. The molecule has 1 aromatic carbocycles. The van der Waals surface area contributed by atoms with Gasteiger partial charge in [-0.05, 0) is 43.6 Å². The Kier molecular flexibility index (Phi) is 9.08. The monoisotopic (exact) mass is 403 g/mol. The van der Waals surface area contributed by atoms with Crippen LogP contribution in [-0.4, -0.2) is 49.2 Å². The van der Waals surface area contributed by atoms with E-state index in [4.69, 9.17) is 26.8 Å². The van der Waals surface area contributed by atoms with Gasteiger partial charge in [0.1, 0.15) is 11.8 Å². The van der Waals surface area contributed by atoms with Crippen molar-refractivity contribution in [3.05, 3.63) is 23.2 Å². The quantitative estimate of drug-likeness (QED) is 0.542. The molecule has 8 nitrogen and oxygen atoms in total. The Morgan fingerprint density at radius 2 is 2.04 bits per heavy atom. The van der Waals surface area contributed by atoms with Gasteiger partial charge in [-0.25, -0.2) is 9.59 Å². The van der Waals surface area contributed by atoms with Gasteiger partial charge >= 0.3 is 12.0 Å². The molecule has 0 radical (unpaired) electrons. The molecule has 1 rings (SSSR count). The molecule has 2 atom stereocenters. The van der Waals surface area contributed by atoms with Gasteiger partial charge in [0.2, 0.25) is 0 Å². The van der Waals surface area contributed by atoms with E-state index in [1.54, 1.807) is 12.1 Å². The Balaban J connectivity index is 2.74. The SMILES string of the molecule is COc1ccc(Cl)cc1NC(=O)[C@H](C)OC(=O)[C@@H](CCSC)NC(N)=O. The van der Waals surface area contributed by atoms with Crippen molar-refractivity contribution in [3.63, 3.8) is 0 Å². The molecular formula is C16H22ClN3O5S. The molecule has 4 N–H and O–H groups in total. The van der Waals surface area contributed by atoms with Gasteiger partial charge in [-0.2, -0.15) is 11.8 Å². The number of halogens is 1. The maximum atomic E-state index is 12.3. The number of amides is 3. The largest absolute Gasteiger partial charge is 0.495 e. The van der Waals surface area contributed by atoms with Gasteiger partial charge in [0.15, 0.2) is 6.10 Å². The first-order valence-corrected chi connectivity index (χ1v) is 9.45. The summed E-state index contributed by atoms with van der Waals surface area (Å²) in [5.74, 6) is -0.282. The molecule has 0 aliphatic rings. The van der Waals surface area contributed by atoms with Crippen molar-refractivity contribution >= 4 is 47.0 Å². The van der Waals surface area contributed by atoms with E-state index in [9.17, 15) is 14.4 Å². The van der Waals surface area contributed by atoms with Crippen molar-refractivity contribution in [1.82, 2.24) is 5.32 Å². The first-order valence-electron chi connectivity index (χ1n) is 7.68. The van der Waals surface area contributed by atoms with Crippen LogP contribution in [0, 0.1) is 0 Å². The fourth-order valence-corrected chi connectivity index (χ4v) is 2.62. The zero-order chi connectivity index (χ0) is 19.7. The molecule has 0 saturated carbocycles. The van der Waals surface area contributed by atoms with Crippen LogP contribution in [0.25, 0.3) is 0 Å². The normalized spacial score (nSPS) is 12.6. The highest BCUT2D eigenvalue weighted by atomic mass is 35.5. The molecular weight excluding hydrogens is 382 g/mol. The number of thioether (sulfide) groups is 1. The number of primary amides is 1. The Labute approximate surface area is 161 Å². The molecule has 0 heterocycles. The Hall–Kier alpha value is -2.13. The smallest absolute Gasteiger partial charge is 0.329 e. The van der Waals surface area contributed by atoms with Crippen LogP contribution < -0.4 is 21.1 Å². The predicted molar refractivity (Wildman–Crippen MR) is 102 cm³/mol. The lowest BCUT2D eigenvalue weighted by Gasteiger charge is -2.20. The van der Waals surface area contributed by atoms with E-state index in [2.05, 4.69) is 10.6 Å². The van der Waals surface area contributed by atoms with E-state index in [1.165, 1.54) is 31.9 Å². The zero-order valence-electron chi connectivity index (χ0n) is 14.7. The molecule has 0 fully saturated rings. The van der Waals surface area contributed by atoms with Crippen molar-refractivity contribution in [1.29, 1.82) is 0 Å². The average Bonchev–Trinajstić information content (AvgIpc) is 2.58. The van der Waals surface area contributed by atoms with Crippen LogP contribution in [-0.2, 0) is 14.3 Å². The Morgan fingerprint density at radius 3 is 2.62 bits per heavy atom. The van der Waals surface area contributed by atoms with E-state index in [0.717, 1.165) is 0 Å². The minimum absolute atomic E-state index is 0.333. The van der Waals surface area contributed by atoms with Gasteiger partial charge in [-0.3, -0.25) is 4.79 Å². The average molecular weight is 404 g/mol. The summed E-state index contributed by atoms with van der Waals surface area (Å²) in [5.41, 5.74) is 5.42. The van der Waals surface area contributed by atoms with Gasteiger partial charge < -0.3 is 25.8 Å². The number of carbonyl (C=O) groups is 3. The molecule has 1 aromatic rings. The lowest BCUT2D eigenvalue weighted by Crippen LogP contribution is -2.46. The number of esters is 1. The maximum Gasteiger partial charge on any atom is 0.329 e. The van der Waals surface area contributed by atoms with Gasteiger partial charge in [0.05, 0.1) is 12.8 Å². The summed E-state index contributed by atoms with van der Waals surface area (Å²) in [6.45, 7) is 1.42. The second kappa shape index (κ2) is 10.8. The van der Waals surface area contributed by atoms with Crippen molar-refractivity contribution in [3.8, 4) is 5.75 Å². The van der Waals surface area contributed by atoms with Crippen LogP contribution in [0.3, 0.4) is 0 Å². The molecule has 144 valence electrons. The standard InChI is InChI=1S/C16H22ClN3O5S/c1-9(25-15(22)11(6-7-26-3)20-16(18)23)14(21)19-12-8-10(17)4-5-13(12)24-2/h4-5,8-9,11H,6-7H2,1-3H3,(H,19,21)(H3,18,20,23)/t9-,11+/m0/s1. The summed E-state index contributed by atoms with van der Waals surface area (Å²) in [4.78, 5) is 35.5. The summed E-state index contributed by atoms with van der Waals surface area (Å²) in [6, 6.07) is 2.97. The molecule has 26 heavy (non-hydrogen) atoms. The number of benzene rings is 1. The van der Waals surface area contributed by atoms with Crippen molar-refractivity contribution < 1.29 is 23.9 Å². The van der Waals surface area contributed by atoms with Gasteiger partial charge in [-0.15, -0.1) is 0 Å². The number of hydrogen-bond donors (Lipinski definition) is 3. The Morgan fingerprint density at radius 1 is 1.35 bits per heavy atom. The molecule has 0 aromatic heterocycles. The Bertz CT molecular complexity index is 659. The molecule has 0 bridgehead atoms. The van der Waals surface area contributed by atoms with Crippen LogP contribution >= 0.6 is 23.4 Å². The van der Waals surface area contributed by atoms with Crippen molar-refractivity contribution in [2.75, 3.05) is 24.4 Å². The number of anilines is 1. The lowest BCUT2D eigenvalue weighted by molar-refractivity contribution is -0.155. The summed E-state index contributed by atoms with van der Waals surface area (Å²) in [5, 5.41) is 5.32. The number of hydrogen-bond acceptors (Lipinski definition) is 6. The van der Waals surface area contributed by atoms with Gasteiger partial charge in [-0.1, -0.05) is 11.6 Å². The highest BCUT2D eigenvalue weighted by molar-refractivity contribution is 7.98. The van der Waals surface area contributed by atoms with Gasteiger partial charge in [0.25, 0.3) is 5.91 Å². The number of nitrogens with two attached hydrogens (primary N) is 1. The van der Waals surface area contributed by atoms with E-state index in [1.807, 2.05) is 6.26 Å². The molecule has 0 aliphatic carbocycles. The van der Waals surface area contributed by atoms with E-state index >= 15 is 0 Å². The fourth-order valence-electron chi connectivity index (χ4n) is 1.98. The zero-order valence-corrected chi connectivity index (χ0v) is 16.3. The third kappa shape index (κ3) is 7.01. The molecule has 0 spiro atoms. The highest BCUT2D eigenvalue weighted by Gasteiger charge is 2.26. The topological polar surface area (TPSA) is 120 Å². The van der Waals surface area contributed by atoms with Gasteiger partial charge in [0, 0.05) is 5.02 Å². The number of urea groups is 1. The fraction of sp³-hybridized carbons (Fsp3) is 0.438. The van der Waals surface area contributed by atoms with Crippen molar-refractivity contribution in [2.24, 2.45) is 5.73 Å². The van der Waals surface area contributed by atoms with E-state index in [0.29, 0.717) is 28.6 Å². The number of rotatable bonds is 9. The van der Waals surface area contributed by atoms with Crippen LogP contribution in [0.15, 0.2) is 18.2 Å². The maximum absolute atomic E-state index is 12.3. The lowest BCUT2D eigenvalue weighted by atomic mass is 10.2. The summed E-state index contributed by atoms with van der Waals surface area (Å²) < 4.78 is 10.3. The second-order valence-corrected chi connectivity index (χ2v) is 6.68. The second-order valence-electron chi connectivity index (χ2n) is 5.26. The first-order chi connectivity index (χ1) is 12.3. The first kappa shape index (κ1) is 21.9. The minimum atomic E-state index is -1.10.